The van der Waals surface area contributed by atoms with Crippen LogP contribution >= 0.6 is 0 Å². The molecule has 0 saturated carbocycles. The molecule has 0 spiro atoms. The van der Waals surface area contributed by atoms with E-state index in [4.69, 9.17) is 0 Å². The SMILES string of the molecule is CC(C)(C)c1cc(CNC(=O)c2ccc3cccc(F)c3n2)[nH]n1. The summed E-state index contributed by atoms with van der Waals surface area (Å²) in [5, 5.41) is 10.6. The summed E-state index contributed by atoms with van der Waals surface area (Å²) in [5.41, 5.74) is 2.05. The summed E-state index contributed by atoms with van der Waals surface area (Å²) in [6, 6.07) is 9.90. The number of amides is 1. The summed E-state index contributed by atoms with van der Waals surface area (Å²) in [5.74, 6) is -0.794. The van der Waals surface area contributed by atoms with Crippen molar-refractivity contribution in [3.8, 4) is 0 Å². The molecule has 0 radical (unpaired) electrons. The maximum atomic E-state index is 13.8. The lowest BCUT2D eigenvalue weighted by atomic mass is 9.92. The molecule has 0 bridgehead atoms. The Hall–Kier alpha value is -2.76. The minimum Gasteiger partial charge on any atom is -0.345 e. The largest absolute Gasteiger partial charge is 0.345 e. The second-order valence-electron chi connectivity index (χ2n) is 6.72. The number of carbonyl (C=O) groups excluding carboxylic acids is 1. The first-order chi connectivity index (χ1) is 11.3. The highest BCUT2D eigenvalue weighted by molar-refractivity contribution is 5.94. The van der Waals surface area contributed by atoms with Crippen LogP contribution in [0.25, 0.3) is 10.9 Å². The Morgan fingerprint density at radius 1 is 1.25 bits per heavy atom. The van der Waals surface area contributed by atoms with Crippen LogP contribution in [0, 0.1) is 5.82 Å². The number of halogens is 1. The summed E-state index contributed by atoms with van der Waals surface area (Å²) in [4.78, 5) is 16.4. The Labute approximate surface area is 139 Å². The van der Waals surface area contributed by atoms with Gasteiger partial charge < -0.3 is 5.32 Å². The Morgan fingerprint density at radius 3 is 2.75 bits per heavy atom. The highest BCUT2D eigenvalue weighted by atomic mass is 19.1. The number of para-hydroxylation sites is 1. The van der Waals surface area contributed by atoms with Crippen molar-refractivity contribution in [3.05, 3.63) is 59.3 Å². The summed E-state index contributed by atoms with van der Waals surface area (Å²) in [6.07, 6.45) is 0. The van der Waals surface area contributed by atoms with Crippen LogP contribution in [0.15, 0.2) is 36.4 Å². The van der Waals surface area contributed by atoms with E-state index in [1.165, 1.54) is 6.07 Å². The van der Waals surface area contributed by atoms with Gasteiger partial charge in [-0.1, -0.05) is 39.0 Å². The molecule has 0 saturated heterocycles. The third kappa shape index (κ3) is 3.27. The standard InChI is InChI=1S/C18H19FN4O/c1-18(2,3)15-9-12(22-23-15)10-20-17(24)14-8-7-11-5-4-6-13(19)16(11)21-14/h4-9H,10H2,1-3H3,(H,20,24)(H,22,23). The van der Waals surface area contributed by atoms with Crippen molar-refractivity contribution in [2.75, 3.05) is 0 Å². The van der Waals surface area contributed by atoms with Crippen molar-refractivity contribution >= 4 is 16.8 Å². The van der Waals surface area contributed by atoms with Crippen LogP contribution in [0.5, 0.6) is 0 Å². The summed E-state index contributed by atoms with van der Waals surface area (Å²) in [7, 11) is 0. The number of nitrogens with one attached hydrogen (secondary N) is 2. The lowest BCUT2D eigenvalue weighted by molar-refractivity contribution is 0.0946. The van der Waals surface area contributed by atoms with Gasteiger partial charge in [0, 0.05) is 10.8 Å². The van der Waals surface area contributed by atoms with Gasteiger partial charge in [0.05, 0.1) is 17.9 Å². The topological polar surface area (TPSA) is 70.7 Å². The van der Waals surface area contributed by atoms with Crippen LogP contribution in [0.4, 0.5) is 4.39 Å². The van der Waals surface area contributed by atoms with Crippen molar-refractivity contribution in [3.63, 3.8) is 0 Å². The van der Waals surface area contributed by atoms with E-state index in [1.54, 1.807) is 24.3 Å². The maximum absolute atomic E-state index is 13.8. The van der Waals surface area contributed by atoms with Crippen molar-refractivity contribution in [2.45, 2.75) is 32.7 Å². The molecular formula is C18H19FN4O. The molecule has 0 fully saturated rings. The molecule has 1 aromatic carbocycles. The van der Waals surface area contributed by atoms with E-state index in [2.05, 4.69) is 41.3 Å². The van der Waals surface area contributed by atoms with Crippen molar-refractivity contribution in [2.24, 2.45) is 0 Å². The molecule has 0 atom stereocenters. The molecule has 2 aromatic heterocycles. The van der Waals surface area contributed by atoms with Gasteiger partial charge in [-0.25, -0.2) is 9.37 Å². The molecule has 6 heteroatoms. The van der Waals surface area contributed by atoms with Crippen molar-refractivity contribution < 1.29 is 9.18 Å². The number of aromatic amines is 1. The number of hydrogen-bond donors (Lipinski definition) is 2. The van der Waals surface area contributed by atoms with Gasteiger partial charge >= 0.3 is 0 Å². The van der Waals surface area contributed by atoms with E-state index < -0.39 is 5.82 Å². The molecule has 0 aliphatic heterocycles. The van der Waals surface area contributed by atoms with Crippen LogP contribution in [-0.4, -0.2) is 21.1 Å². The highest BCUT2D eigenvalue weighted by Crippen LogP contribution is 2.20. The molecule has 24 heavy (non-hydrogen) atoms. The van der Waals surface area contributed by atoms with Gasteiger partial charge in [-0.3, -0.25) is 9.89 Å². The van der Waals surface area contributed by atoms with Crippen LogP contribution < -0.4 is 5.32 Å². The fourth-order valence-electron chi connectivity index (χ4n) is 2.34. The number of benzene rings is 1. The maximum Gasteiger partial charge on any atom is 0.270 e. The number of rotatable bonds is 3. The van der Waals surface area contributed by atoms with Crippen molar-refractivity contribution in [1.29, 1.82) is 0 Å². The average Bonchev–Trinajstić information content (AvgIpc) is 3.02. The molecule has 0 aliphatic carbocycles. The fraction of sp³-hybridized carbons (Fsp3) is 0.278. The zero-order valence-electron chi connectivity index (χ0n) is 13.9. The Morgan fingerprint density at radius 2 is 2.04 bits per heavy atom. The second kappa shape index (κ2) is 6.03. The van der Waals surface area contributed by atoms with Crippen LogP contribution in [-0.2, 0) is 12.0 Å². The number of pyridine rings is 1. The van der Waals surface area contributed by atoms with E-state index in [-0.39, 0.29) is 22.5 Å². The molecule has 3 aromatic rings. The fourth-order valence-corrected chi connectivity index (χ4v) is 2.34. The molecule has 3 rings (SSSR count). The second-order valence-corrected chi connectivity index (χ2v) is 6.72. The zero-order chi connectivity index (χ0) is 17.3. The van der Waals surface area contributed by atoms with Gasteiger partial charge in [0.25, 0.3) is 5.91 Å². The Bertz CT molecular complexity index is 895. The Kier molecular flexibility index (Phi) is 4.05. The van der Waals surface area contributed by atoms with Crippen LogP contribution in [0.3, 0.4) is 0 Å². The van der Waals surface area contributed by atoms with Gasteiger partial charge in [-0.2, -0.15) is 5.10 Å². The van der Waals surface area contributed by atoms with E-state index in [0.717, 1.165) is 11.4 Å². The van der Waals surface area contributed by atoms with Gasteiger partial charge in [0.15, 0.2) is 0 Å². The lowest BCUT2D eigenvalue weighted by Crippen LogP contribution is -2.24. The number of H-pyrrole nitrogens is 1. The van der Waals surface area contributed by atoms with Gasteiger partial charge in [-0.15, -0.1) is 0 Å². The molecule has 5 nitrogen and oxygen atoms in total. The third-order valence-corrected chi connectivity index (χ3v) is 3.74. The number of carbonyl (C=O) groups is 1. The zero-order valence-corrected chi connectivity index (χ0v) is 13.9. The van der Waals surface area contributed by atoms with Crippen molar-refractivity contribution in [1.82, 2.24) is 20.5 Å². The molecular weight excluding hydrogens is 307 g/mol. The molecule has 124 valence electrons. The van der Waals surface area contributed by atoms with E-state index in [0.29, 0.717) is 11.9 Å². The minimum atomic E-state index is -0.439. The number of fused-ring (bicyclic) bond motifs is 1. The first-order valence-electron chi connectivity index (χ1n) is 7.73. The monoisotopic (exact) mass is 326 g/mol. The number of hydrogen-bond acceptors (Lipinski definition) is 3. The molecule has 1 amide bonds. The summed E-state index contributed by atoms with van der Waals surface area (Å²) >= 11 is 0. The van der Waals surface area contributed by atoms with Crippen LogP contribution in [0.2, 0.25) is 0 Å². The first-order valence-corrected chi connectivity index (χ1v) is 7.73. The number of aromatic nitrogens is 3. The molecule has 2 heterocycles. The first kappa shape index (κ1) is 16.1. The quantitative estimate of drug-likeness (QED) is 0.775. The lowest BCUT2D eigenvalue weighted by Gasteiger charge is -2.13. The summed E-state index contributed by atoms with van der Waals surface area (Å²) in [6.45, 7) is 6.51. The van der Waals surface area contributed by atoms with Gasteiger partial charge in [0.1, 0.15) is 17.0 Å². The van der Waals surface area contributed by atoms with Gasteiger partial charge in [-0.05, 0) is 18.2 Å². The molecule has 2 N–H and O–H groups in total. The predicted molar refractivity (Wildman–Crippen MR) is 90.2 cm³/mol. The Balaban J connectivity index is 1.73. The van der Waals surface area contributed by atoms with E-state index in [1.807, 2.05) is 6.07 Å². The molecule has 0 unspecified atom stereocenters. The average molecular weight is 326 g/mol. The van der Waals surface area contributed by atoms with E-state index in [9.17, 15) is 9.18 Å². The molecule has 0 aliphatic rings. The predicted octanol–water partition coefficient (Wildman–Crippen LogP) is 3.32. The van der Waals surface area contributed by atoms with E-state index >= 15 is 0 Å². The van der Waals surface area contributed by atoms with Gasteiger partial charge in [0.2, 0.25) is 0 Å². The third-order valence-electron chi connectivity index (χ3n) is 3.74. The minimum absolute atomic E-state index is 0.0593. The normalized spacial score (nSPS) is 11.7. The van der Waals surface area contributed by atoms with Crippen LogP contribution in [0.1, 0.15) is 42.6 Å². The smallest absolute Gasteiger partial charge is 0.270 e. The highest BCUT2D eigenvalue weighted by Gasteiger charge is 2.17. The summed E-state index contributed by atoms with van der Waals surface area (Å²) < 4.78 is 13.8. The number of nitrogens with zero attached hydrogens (tertiary/aromatic N) is 2.